The summed E-state index contributed by atoms with van der Waals surface area (Å²) in [7, 11) is -0.0684. The number of nitrogens with zero attached hydrogens (tertiary/aromatic N) is 3. The van der Waals surface area contributed by atoms with Gasteiger partial charge in [-0.1, -0.05) is 0 Å². The molecule has 136 valence electrons. The number of nitriles is 1. The van der Waals surface area contributed by atoms with Gasteiger partial charge in [-0.05, 0) is 50.1 Å². The van der Waals surface area contributed by atoms with E-state index in [4.69, 9.17) is 5.26 Å². The molecule has 0 aromatic heterocycles. The second-order valence-electron chi connectivity index (χ2n) is 6.31. The van der Waals surface area contributed by atoms with Crippen LogP contribution in [-0.2, 0) is 14.8 Å². The van der Waals surface area contributed by atoms with Gasteiger partial charge in [-0.15, -0.1) is 0 Å². The number of likely N-dealkylation sites (tertiary alicyclic amines) is 1. The van der Waals surface area contributed by atoms with Gasteiger partial charge in [0.2, 0.25) is 15.9 Å². The summed E-state index contributed by atoms with van der Waals surface area (Å²) in [5.41, 5.74) is 0.421. The van der Waals surface area contributed by atoms with E-state index in [2.05, 4.69) is 9.62 Å². The van der Waals surface area contributed by atoms with Crippen molar-refractivity contribution in [2.45, 2.75) is 30.2 Å². The number of hydrogen-bond acceptors (Lipinski definition) is 5. The highest BCUT2D eigenvalue weighted by Crippen LogP contribution is 2.18. The van der Waals surface area contributed by atoms with Gasteiger partial charge < -0.3 is 4.90 Å². The van der Waals surface area contributed by atoms with Crippen LogP contribution in [0, 0.1) is 11.3 Å². The fourth-order valence-electron chi connectivity index (χ4n) is 2.95. The lowest BCUT2D eigenvalue weighted by Gasteiger charge is -2.26. The zero-order valence-electron chi connectivity index (χ0n) is 14.6. The summed E-state index contributed by atoms with van der Waals surface area (Å²) in [6.07, 6.45) is 2.47. The maximum absolute atomic E-state index is 12.2. The van der Waals surface area contributed by atoms with Crippen LogP contribution in [0.5, 0.6) is 0 Å². The van der Waals surface area contributed by atoms with Crippen LogP contribution in [0.2, 0.25) is 0 Å². The third kappa shape index (κ3) is 5.01. The quantitative estimate of drug-likeness (QED) is 0.722. The summed E-state index contributed by atoms with van der Waals surface area (Å²) in [6.45, 7) is 1.86. The van der Waals surface area contributed by atoms with Gasteiger partial charge in [0.05, 0.1) is 22.6 Å². The van der Waals surface area contributed by atoms with E-state index < -0.39 is 10.0 Å². The number of likely N-dealkylation sites (N-methyl/N-ethyl adjacent to an activating group) is 1. The molecule has 1 saturated heterocycles. The van der Waals surface area contributed by atoms with Crippen LogP contribution in [0.25, 0.3) is 0 Å². The van der Waals surface area contributed by atoms with Gasteiger partial charge >= 0.3 is 0 Å². The smallest absolute Gasteiger partial charge is 0.240 e. The largest absolute Gasteiger partial charge is 0.347 e. The fraction of sp³-hybridized carbons (Fsp3) is 0.529. The first-order valence-corrected chi connectivity index (χ1v) is 9.78. The third-order valence-corrected chi connectivity index (χ3v) is 5.77. The maximum atomic E-state index is 12.2. The maximum Gasteiger partial charge on any atom is 0.240 e. The van der Waals surface area contributed by atoms with Crippen molar-refractivity contribution in [3.8, 4) is 6.07 Å². The highest BCUT2D eigenvalue weighted by atomic mass is 32.2. The van der Waals surface area contributed by atoms with Crippen molar-refractivity contribution >= 4 is 15.9 Å². The molecule has 1 aliphatic rings. The SMILES string of the molecule is CN(C)C(=O)[C@H]1CCCN1CCCNS(=O)(=O)c1ccc(C#N)cc1. The Balaban J connectivity index is 1.83. The van der Waals surface area contributed by atoms with E-state index in [-0.39, 0.29) is 16.8 Å². The Kier molecular flexibility index (Phi) is 6.53. The van der Waals surface area contributed by atoms with Crippen LogP contribution >= 0.6 is 0 Å². The minimum absolute atomic E-state index is 0.0925. The number of nitrogens with one attached hydrogen (secondary N) is 1. The van der Waals surface area contributed by atoms with Crippen LogP contribution in [-0.4, -0.2) is 63.9 Å². The van der Waals surface area contributed by atoms with Crippen molar-refractivity contribution < 1.29 is 13.2 Å². The second kappa shape index (κ2) is 8.43. The number of hydrogen-bond donors (Lipinski definition) is 1. The molecule has 1 amide bonds. The Hall–Kier alpha value is -1.95. The molecular formula is C17H24N4O3S. The molecule has 1 aromatic carbocycles. The molecule has 7 nitrogen and oxygen atoms in total. The molecule has 1 aromatic rings. The van der Waals surface area contributed by atoms with E-state index in [1.807, 2.05) is 6.07 Å². The van der Waals surface area contributed by atoms with Crippen LogP contribution in [0.1, 0.15) is 24.8 Å². The Bertz CT molecular complexity index is 738. The lowest BCUT2D eigenvalue weighted by Crippen LogP contribution is -2.43. The molecule has 0 aliphatic carbocycles. The summed E-state index contributed by atoms with van der Waals surface area (Å²) < 4.78 is 27.0. The Morgan fingerprint density at radius 2 is 2.04 bits per heavy atom. The van der Waals surface area contributed by atoms with Crippen molar-refractivity contribution in [3.63, 3.8) is 0 Å². The molecule has 1 aliphatic heterocycles. The summed E-state index contributed by atoms with van der Waals surface area (Å²) in [5.74, 6) is 0.107. The molecule has 25 heavy (non-hydrogen) atoms. The average molecular weight is 364 g/mol. The molecule has 1 heterocycles. The van der Waals surface area contributed by atoms with Gasteiger partial charge in [0, 0.05) is 27.2 Å². The van der Waals surface area contributed by atoms with Crippen molar-refractivity contribution in [1.29, 1.82) is 5.26 Å². The molecule has 2 rings (SSSR count). The van der Waals surface area contributed by atoms with Gasteiger partial charge in [0.15, 0.2) is 0 Å². The summed E-state index contributed by atoms with van der Waals surface area (Å²) >= 11 is 0. The van der Waals surface area contributed by atoms with E-state index in [1.165, 1.54) is 24.3 Å². The van der Waals surface area contributed by atoms with Gasteiger partial charge in [-0.25, -0.2) is 13.1 Å². The standard InChI is InChI=1S/C17H24N4O3S/c1-20(2)17(22)16-5-3-11-21(16)12-4-10-19-25(23,24)15-8-6-14(13-18)7-9-15/h6-9,16,19H,3-5,10-12H2,1-2H3/t16-/m1/s1. The molecule has 0 unspecified atom stereocenters. The normalized spacial score (nSPS) is 18.0. The third-order valence-electron chi connectivity index (χ3n) is 4.30. The highest BCUT2D eigenvalue weighted by molar-refractivity contribution is 7.89. The van der Waals surface area contributed by atoms with E-state index >= 15 is 0 Å². The highest BCUT2D eigenvalue weighted by Gasteiger charge is 2.31. The molecule has 0 saturated carbocycles. The Morgan fingerprint density at radius 1 is 1.36 bits per heavy atom. The molecule has 1 fully saturated rings. The molecule has 1 N–H and O–H groups in total. The van der Waals surface area contributed by atoms with Crippen LogP contribution < -0.4 is 4.72 Å². The van der Waals surface area contributed by atoms with Gasteiger partial charge in [0.25, 0.3) is 0 Å². The predicted octanol–water partition coefficient (Wildman–Crippen LogP) is 0.779. The Morgan fingerprint density at radius 3 is 2.64 bits per heavy atom. The predicted molar refractivity (Wildman–Crippen MR) is 94.3 cm³/mol. The van der Waals surface area contributed by atoms with Crippen molar-refractivity contribution in [2.75, 3.05) is 33.7 Å². The number of carbonyl (C=O) groups excluding carboxylic acids is 1. The molecule has 0 bridgehead atoms. The van der Waals surface area contributed by atoms with Crippen LogP contribution in [0.15, 0.2) is 29.2 Å². The average Bonchev–Trinajstić information content (AvgIpc) is 3.06. The topological polar surface area (TPSA) is 93.5 Å². The minimum atomic E-state index is -3.58. The molecular weight excluding hydrogens is 340 g/mol. The van der Waals surface area contributed by atoms with E-state index in [9.17, 15) is 13.2 Å². The van der Waals surface area contributed by atoms with Crippen LogP contribution in [0.4, 0.5) is 0 Å². The number of rotatable bonds is 7. The van der Waals surface area contributed by atoms with E-state index in [1.54, 1.807) is 19.0 Å². The van der Waals surface area contributed by atoms with Crippen molar-refractivity contribution in [3.05, 3.63) is 29.8 Å². The summed E-state index contributed by atoms with van der Waals surface area (Å²) in [5, 5.41) is 8.76. The fourth-order valence-corrected chi connectivity index (χ4v) is 4.03. The van der Waals surface area contributed by atoms with Gasteiger partial charge in [0.1, 0.15) is 0 Å². The number of sulfonamides is 1. The lowest BCUT2D eigenvalue weighted by molar-refractivity contribution is -0.133. The molecule has 0 spiro atoms. The molecule has 8 heteroatoms. The molecule has 0 radical (unpaired) electrons. The van der Waals surface area contributed by atoms with Crippen molar-refractivity contribution in [2.24, 2.45) is 0 Å². The van der Waals surface area contributed by atoms with E-state index in [0.29, 0.717) is 25.1 Å². The Labute approximate surface area is 149 Å². The van der Waals surface area contributed by atoms with Gasteiger partial charge in [-0.3, -0.25) is 9.69 Å². The monoisotopic (exact) mass is 364 g/mol. The minimum Gasteiger partial charge on any atom is -0.347 e. The second-order valence-corrected chi connectivity index (χ2v) is 8.08. The lowest BCUT2D eigenvalue weighted by atomic mass is 10.2. The summed E-state index contributed by atoms with van der Waals surface area (Å²) in [4.78, 5) is 16.0. The zero-order chi connectivity index (χ0) is 18.4. The first-order chi connectivity index (χ1) is 11.8. The van der Waals surface area contributed by atoms with E-state index in [0.717, 1.165) is 19.4 Å². The summed E-state index contributed by atoms with van der Waals surface area (Å²) in [6, 6.07) is 7.68. The number of amides is 1. The number of benzene rings is 1. The van der Waals surface area contributed by atoms with Gasteiger partial charge in [-0.2, -0.15) is 5.26 Å². The van der Waals surface area contributed by atoms with Crippen LogP contribution in [0.3, 0.4) is 0 Å². The first kappa shape index (κ1) is 19.4. The number of carbonyl (C=O) groups is 1. The van der Waals surface area contributed by atoms with Crippen molar-refractivity contribution in [1.82, 2.24) is 14.5 Å². The zero-order valence-corrected chi connectivity index (χ0v) is 15.4. The molecule has 1 atom stereocenters. The first-order valence-electron chi connectivity index (χ1n) is 8.30.